The molecular weight excluding hydrogens is 438 g/mol. The number of ether oxygens (including phenoxy) is 2. The summed E-state index contributed by atoms with van der Waals surface area (Å²) < 4.78 is 13.5. The van der Waals surface area contributed by atoms with Gasteiger partial charge in [0.15, 0.2) is 0 Å². The molecule has 0 spiro atoms. The van der Waals surface area contributed by atoms with Crippen molar-refractivity contribution in [3.05, 3.63) is 89.7 Å². The van der Waals surface area contributed by atoms with Crippen molar-refractivity contribution in [2.24, 2.45) is 0 Å². The highest BCUT2D eigenvalue weighted by molar-refractivity contribution is 5.94. The molecule has 1 heterocycles. The zero-order valence-electron chi connectivity index (χ0n) is 20.7. The van der Waals surface area contributed by atoms with Gasteiger partial charge in [0.25, 0.3) is 5.91 Å². The van der Waals surface area contributed by atoms with Crippen LogP contribution < -0.4 is 14.8 Å². The van der Waals surface area contributed by atoms with E-state index in [2.05, 4.69) is 41.9 Å². The molecule has 0 bridgehead atoms. The zero-order valence-corrected chi connectivity index (χ0v) is 20.7. The normalized spacial score (nSPS) is 11.1. The van der Waals surface area contributed by atoms with Crippen LogP contribution in [-0.2, 0) is 13.0 Å². The molecule has 4 aromatic rings. The third kappa shape index (κ3) is 6.01. The van der Waals surface area contributed by atoms with Crippen molar-refractivity contribution in [2.75, 3.05) is 20.3 Å². The molecule has 0 aliphatic heterocycles. The van der Waals surface area contributed by atoms with Crippen LogP contribution in [0.3, 0.4) is 0 Å². The maximum absolute atomic E-state index is 12.5. The number of para-hydroxylation sites is 3. The standard InChI is InChI=1S/C29H33N3O3/c1-21(2)24-9-4-7-12-27(24)35-20-8-19-32-26-11-6-5-10-25(26)31-28(32)17-18-30-29(33)22-13-15-23(34-3)16-14-22/h4-7,9-16,21H,8,17-20H2,1-3H3,(H,30,33). The number of hydrogen-bond donors (Lipinski definition) is 1. The molecule has 35 heavy (non-hydrogen) atoms. The van der Waals surface area contributed by atoms with Crippen molar-refractivity contribution in [2.45, 2.75) is 39.2 Å². The van der Waals surface area contributed by atoms with Crippen LogP contribution in [-0.4, -0.2) is 35.7 Å². The Kier molecular flexibility index (Phi) is 8.03. The second-order valence-corrected chi connectivity index (χ2v) is 8.80. The quantitative estimate of drug-likeness (QED) is 0.289. The van der Waals surface area contributed by atoms with Gasteiger partial charge in [0, 0.05) is 25.1 Å². The molecule has 0 unspecified atom stereocenters. The first kappa shape index (κ1) is 24.3. The summed E-state index contributed by atoms with van der Waals surface area (Å²) in [6.45, 7) is 6.29. The molecule has 182 valence electrons. The number of aromatic nitrogens is 2. The number of carbonyl (C=O) groups excluding carboxylic acids is 1. The van der Waals surface area contributed by atoms with Crippen LogP contribution in [0.4, 0.5) is 0 Å². The van der Waals surface area contributed by atoms with Gasteiger partial charge < -0.3 is 19.4 Å². The number of nitrogens with one attached hydrogen (secondary N) is 1. The molecule has 0 aliphatic rings. The number of methoxy groups -OCH3 is 1. The van der Waals surface area contributed by atoms with E-state index in [9.17, 15) is 4.79 Å². The molecule has 1 amide bonds. The molecular formula is C29H33N3O3. The van der Waals surface area contributed by atoms with Crippen LogP contribution in [0.15, 0.2) is 72.8 Å². The highest BCUT2D eigenvalue weighted by atomic mass is 16.5. The first-order valence-corrected chi connectivity index (χ1v) is 12.1. The minimum absolute atomic E-state index is 0.104. The SMILES string of the molecule is COc1ccc(C(=O)NCCc2nc3ccccc3n2CCCOc2ccccc2C(C)C)cc1. The van der Waals surface area contributed by atoms with Crippen molar-refractivity contribution >= 4 is 16.9 Å². The van der Waals surface area contributed by atoms with Gasteiger partial charge >= 0.3 is 0 Å². The fourth-order valence-corrected chi connectivity index (χ4v) is 4.19. The minimum atomic E-state index is -0.104. The number of hydrogen-bond acceptors (Lipinski definition) is 4. The van der Waals surface area contributed by atoms with Crippen LogP contribution in [0.2, 0.25) is 0 Å². The van der Waals surface area contributed by atoms with E-state index in [1.165, 1.54) is 5.56 Å². The predicted molar refractivity (Wildman–Crippen MR) is 139 cm³/mol. The fourth-order valence-electron chi connectivity index (χ4n) is 4.19. The molecule has 4 rings (SSSR count). The lowest BCUT2D eigenvalue weighted by molar-refractivity contribution is 0.0954. The summed E-state index contributed by atoms with van der Waals surface area (Å²) in [6.07, 6.45) is 1.51. The van der Waals surface area contributed by atoms with Crippen LogP contribution >= 0.6 is 0 Å². The lowest BCUT2D eigenvalue weighted by atomic mass is 10.0. The Balaban J connectivity index is 1.37. The molecule has 0 saturated heterocycles. The Morgan fingerprint density at radius 2 is 1.74 bits per heavy atom. The highest BCUT2D eigenvalue weighted by Crippen LogP contribution is 2.26. The predicted octanol–water partition coefficient (Wildman–Crippen LogP) is 5.61. The maximum Gasteiger partial charge on any atom is 0.251 e. The van der Waals surface area contributed by atoms with E-state index in [1.54, 1.807) is 31.4 Å². The van der Waals surface area contributed by atoms with E-state index >= 15 is 0 Å². The van der Waals surface area contributed by atoms with Crippen LogP contribution in [0.1, 0.15) is 47.9 Å². The van der Waals surface area contributed by atoms with Crippen molar-refractivity contribution in [3.8, 4) is 11.5 Å². The third-order valence-corrected chi connectivity index (χ3v) is 6.04. The Bertz CT molecular complexity index is 1260. The van der Waals surface area contributed by atoms with Crippen LogP contribution in [0.5, 0.6) is 11.5 Å². The zero-order chi connectivity index (χ0) is 24.6. The summed E-state index contributed by atoms with van der Waals surface area (Å²) >= 11 is 0. The number of aryl methyl sites for hydroxylation is 1. The van der Waals surface area contributed by atoms with E-state index in [1.807, 2.05) is 30.3 Å². The summed E-state index contributed by atoms with van der Waals surface area (Å²) in [7, 11) is 1.61. The number of imidazole rings is 1. The molecule has 3 aromatic carbocycles. The second-order valence-electron chi connectivity index (χ2n) is 8.80. The van der Waals surface area contributed by atoms with Gasteiger partial charge in [0.05, 0.1) is 24.8 Å². The number of carbonyl (C=O) groups is 1. The lowest BCUT2D eigenvalue weighted by Gasteiger charge is -2.14. The minimum Gasteiger partial charge on any atom is -0.497 e. The van der Waals surface area contributed by atoms with Crippen molar-refractivity contribution < 1.29 is 14.3 Å². The van der Waals surface area contributed by atoms with Gasteiger partial charge in [-0.15, -0.1) is 0 Å². The van der Waals surface area contributed by atoms with E-state index in [0.717, 1.165) is 41.3 Å². The van der Waals surface area contributed by atoms with Gasteiger partial charge in [0.1, 0.15) is 17.3 Å². The van der Waals surface area contributed by atoms with E-state index in [-0.39, 0.29) is 5.91 Å². The monoisotopic (exact) mass is 471 g/mol. The summed E-state index contributed by atoms with van der Waals surface area (Å²) in [5, 5.41) is 3.00. The number of benzene rings is 3. The Labute approximate surface area is 206 Å². The first-order chi connectivity index (χ1) is 17.1. The highest BCUT2D eigenvalue weighted by Gasteiger charge is 2.12. The largest absolute Gasteiger partial charge is 0.497 e. The average Bonchev–Trinajstić information content (AvgIpc) is 3.24. The van der Waals surface area contributed by atoms with E-state index < -0.39 is 0 Å². The molecule has 0 fully saturated rings. The molecule has 1 N–H and O–H groups in total. The van der Waals surface area contributed by atoms with Gasteiger partial charge in [-0.3, -0.25) is 4.79 Å². The van der Waals surface area contributed by atoms with Crippen molar-refractivity contribution in [1.29, 1.82) is 0 Å². The van der Waals surface area contributed by atoms with Crippen LogP contribution in [0.25, 0.3) is 11.0 Å². The Hall–Kier alpha value is -3.80. The molecule has 6 nitrogen and oxygen atoms in total. The first-order valence-electron chi connectivity index (χ1n) is 12.1. The number of fused-ring (bicyclic) bond motifs is 1. The Morgan fingerprint density at radius 3 is 2.51 bits per heavy atom. The fraction of sp³-hybridized carbons (Fsp3) is 0.310. The summed E-state index contributed by atoms with van der Waals surface area (Å²) in [6, 6.07) is 23.5. The van der Waals surface area contributed by atoms with Crippen molar-refractivity contribution in [3.63, 3.8) is 0 Å². The maximum atomic E-state index is 12.5. The third-order valence-electron chi connectivity index (χ3n) is 6.04. The number of nitrogens with zero attached hydrogens (tertiary/aromatic N) is 2. The number of rotatable bonds is 11. The molecule has 0 saturated carbocycles. The molecule has 0 atom stereocenters. The smallest absolute Gasteiger partial charge is 0.251 e. The summed E-state index contributed by atoms with van der Waals surface area (Å²) in [4.78, 5) is 17.4. The van der Waals surface area contributed by atoms with Crippen molar-refractivity contribution in [1.82, 2.24) is 14.9 Å². The van der Waals surface area contributed by atoms with E-state index in [0.29, 0.717) is 31.1 Å². The van der Waals surface area contributed by atoms with Gasteiger partial charge in [-0.05, 0) is 60.4 Å². The van der Waals surface area contributed by atoms with Gasteiger partial charge in [-0.25, -0.2) is 4.98 Å². The Morgan fingerprint density at radius 1 is 1.00 bits per heavy atom. The van der Waals surface area contributed by atoms with Crippen LogP contribution in [0, 0.1) is 0 Å². The molecule has 0 aliphatic carbocycles. The van der Waals surface area contributed by atoms with Gasteiger partial charge in [0.2, 0.25) is 0 Å². The number of amides is 1. The molecule has 0 radical (unpaired) electrons. The van der Waals surface area contributed by atoms with E-state index in [4.69, 9.17) is 14.5 Å². The van der Waals surface area contributed by atoms with Gasteiger partial charge in [-0.1, -0.05) is 44.2 Å². The molecule has 6 heteroatoms. The average molecular weight is 472 g/mol. The topological polar surface area (TPSA) is 65.4 Å². The van der Waals surface area contributed by atoms with Gasteiger partial charge in [-0.2, -0.15) is 0 Å². The molecule has 1 aromatic heterocycles. The summed E-state index contributed by atoms with van der Waals surface area (Å²) in [5.74, 6) is 2.96. The lowest BCUT2D eigenvalue weighted by Crippen LogP contribution is -2.26. The summed E-state index contributed by atoms with van der Waals surface area (Å²) in [5.41, 5.74) is 3.91. The second kappa shape index (κ2) is 11.6.